The van der Waals surface area contributed by atoms with Crippen LogP contribution in [0.4, 0.5) is 0 Å². The van der Waals surface area contributed by atoms with Crippen LogP contribution in [0.15, 0.2) is 0 Å². The van der Waals surface area contributed by atoms with Crippen LogP contribution in [0.3, 0.4) is 0 Å². The zero-order valence-corrected chi connectivity index (χ0v) is 8.02. The average molecular weight is 159 g/mol. The minimum Gasteiger partial charge on any atom is -0.384 e. The maximum Gasteiger partial charge on any atom is 0.0488 e. The van der Waals surface area contributed by atoms with Gasteiger partial charge in [0, 0.05) is 13.7 Å². The zero-order chi connectivity index (χ0) is 8.53. The molecule has 2 nitrogen and oxygen atoms in total. The molecule has 2 heteroatoms. The first kappa shape index (κ1) is 10.9. The average Bonchev–Trinajstić information content (AvgIpc) is 1.99. The van der Waals surface area contributed by atoms with Gasteiger partial charge >= 0.3 is 0 Å². The Kier molecular flexibility index (Phi) is 7.96. The summed E-state index contributed by atoms with van der Waals surface area (Å²) in [6, 6.07) is 0. The Morgan fingerprint density at radius 3 is 2.64 bits per heavy atom. The van der Waals surface area contributed by atoms with Crippen molar-refractivity contribution in [2.75, 3.05) is 26.8 Å². The lowest BCUT2D eigenvalue weighted by Crippen LogP contribution is -2.19. The summed E-state index contributed by atoms with van der Waals surface area (Å²) < 4.78 is 5.03. The predicted octanol–water partition coefficient (Wildman–Crippen LogP) is 1.66. The van der Waals surface area contributed by atoms with Crippen molar-refractivity contribution in [3.63, 3.8) is 0 Å². The largest absolute Gasteiger partial charge is 0.384 e. The third-order valence-corrected chi connectivity index (χ3v) is 1.69. The van der Waals surface area contributed by atoms with E-state index in [0.717, 1.165) is 19.7 Å². The van der Waals surface area contributed by atoms with Crippen molar-refractivity contribution < 1.29 is 4.74 Å². The highest BCUT2D eigenvalue weighted by molar-refractivity contribution is 4.53. The molecule has 0 rings (SSSR count). The normalized spacial score (nSPS) is 13.4. The van der Waals surface area contributed by atoms with Gasteiger partial charge < -0.3 is 10.1 Å². The van der Waals surface area contributed by atoms with Crippen LogP contribution in [-0.4, -0.2) is 26.8 Å². The molecule has 0 aliphatic carbocycles. The summed E-state index contributed by atoms with van der Waals surface area (Å²) in [6.07, 6.45) is 2.44. The van der Waals surface area contributed by atoms with Gasteiger partial charge in [0.25, 0.3) is 0 Å². The van der Waals surface area contributed by atoms with Crippen LogP contribution in [0.1, 0.15) is 26.7 Å². The van der Waals surface area contributed by atoms with E-state index in [4.69, 9.17) is 4.74 Å². The molecule has 0 saturated heterocycles. The molecule has 0 aromatic heterocycles. The summed E-state index contributed by atoms with van der Waals surface area (Å²) >= 11 is 0. The molecule has 0 saturated carbocycles. The summed E-state index contributed by atoms with van der Waals surface area (Å²) in [6.45, 7) is 7.55. The second kappa shape index (κ2) is 8.02. The highest BCUT2D eigenvalue weighted by Crippen LogP contribution is 1.99. The van der Waals surface area contributed by atoms with Gasteiger partial charge in [0.05, 0.1) is 0 Å². The van der Waals surface area contributed by atoms with E-state index in [2.05, 4.69) is 19.2 Å². The minimum atomic E-state index is 0.685. The summed E-state index contributed by atoms with van der Waals surface area (Å²) in [5.74, 6) is 0.685. The fourth-order valence-electron chi connectivity index (χ4n) is 1.02. The molecular formula is C9H21NO. The number of nitrogens with one attached hydrogen (secondary N) is 1. The summed E-state index contributed by atoms with van der Waals surface area (Å²) in [4.78, 5) is 0. The molecule has 0 heterocycles. The summed E-state index contributed by atoms with van der Waals surface area (Å²) in [5.41, 5.74) is 0. The van der Waals surface area contributed by atoms with Gasteiger partial charge in [0.2, 0.25) is 0 Å². The lowest BCUT2D eigenvalue weighted by atomic mass is 10.1. The topological polar surface area (TPSA) is 21.3 Å². The Hall–Kier alpha value is -0.0800. The van der Waals surface area contributed by atoms with Crippen molar-refractivity contribution in [3.8, 4) is 0 Å². The summed E-state index contributed by atoms with van der Waals surface area (Å²) in [5, 5.41) is 3.37. The molecule has 0 aromatic rings. The maximum atomic E-state index is 5.03. The molecule has 0 amide bonds. The van der Waals surface area contributed by atoms with Gasteiger partial charge in [-0.2, -0.15) is 0 Å². The Labute approximate surface area is 70.3 Å². The fourth-order valence-corrected chi connectivity index (χ4v) is 1.02. The summed E-state index contributed by atoms with van der Waals surface area (Å²) in [7, 11) is 1.76. The van der Waals surface area contributed by atoms with E-state index in [1.807, 2.05) is 0 Å². The molecule has 1 unspecified atom stereocenters. The molecule has 1 N–H and O–H groups in total. The van der Waals surface area contributed by atoms with Crippen molar-refractivity contribution in [1.82, 2.24) is 5.32 Å². The van der Waals surface area contributed by atoms with Gasteiger partial charge in [-0.3, -0.25) is 0 Å². The van der Waals surface area contributed by atoms with E-state index in [0.29, 0.717) is 5.92 Å². The fraction of sp³-hybridized carbons (Fsp3) is 1.00. The third kappa shape index (κ3) is 7.82. The second-order valence-electron chi connectivity index (χ2n) is 3.10. The monoisotopic (exact) mass is 159 g/mol. The Morgan fingerprint density at radius 2 is 2.09 bits per heavy atom. The van der Waals surface area contributed by atoms with E-state index >= 15 is 0 Å². The molecule has 0 spiro atoms. The number of methoxy groups -OCH3 is 1. The Bertz CT molecular complexity index is 76.0. The number of hydrogen-bond acceptors (Lipinski definition) is 2. The molecule has 68 valence electrons. The van der Waals surface area contributed by atoms with Crippen LogP contribution in [0.25, 0.3) is 0 Å². The smallest absolute Gasteiger partial charge is 0.0488 e. The van der Waals surface area contributed by atoms with Crippen molar-refractivity contribution in [2.45, 2.75) is 26.7 Å². The van der Waals surface area contributed by atoms with Gasteiger partial charge in [0.15, 0.2) is 0 Å². The van der Waals surface area contributed by atoms with Crippen molar-refractivity contribution in [2.24, 2.45) is 5.92 Å². The van der Waals surface area contributed by atoms with Crippen LogP contribution in [-0.2, 0) is 4.74 Å². The second-order valence-corrected chi connectivity index (χ2v) is 3.10. The zero-order valence-electron chi connectivity index (χ0n) is 8.02. The highest BCUT2D eigenvalue weighted by Gasteiger charge is 1.98. The lowest BCUT2D eigenvalue weighted by molar-refractivity contribution is 0.155. The number of rotatable bonds is 7. The van der Waals surface area contributed by atoms with E-state index in [-0.39, 0.29) is 0 Å². The van der Waals surface area contributed by atoms with Crippen LogP contribution in [0.2, 0.25) is 0 Å². The van der Waals surface area contributed by atoms with E-state index in [1.165, 1.54) is 12.8 Å². The van der Waals surface area contributed by atoms with Gasteiger partial charge in [0.1, 0.15) is 0 Å². The van der Waals surface area contributed by atoms with Gasteiger partial charge in [-0.25, -0.2) is 0 Å². The van der Waals surface area contributed by atoms with Crippen molar-refractivity contribution in [1.29, 1.82) is 0 Å². The molecule has 0 aliphatic heterocycles. The first-order valence-corrected chi connectivity index (χ1v) is 4.50. The molecule has 0 aromatic carbocycles. The molecule has 1 atom stereocenters. The standard InChI is InChI=1S/C9H21NO/c1-4-6-10-7-5-9(2)8-11-3/h9-10H,4-8H2,1-3H3. The van der Waals surface area contributed by atoms with Crippen LogP contribution < -0.4 is 5.32 Å². The first-order valence-electron chi connectivity index (χ1n) is 4.50. The lowest BCUT2D eigenvalue weighted by Gasteiger charge is -2.09. The minimum absolute atomic E-state index is 0.685. The quantitative estimate of drug-likeness (QED) is 0.570. The molecule has 0 aliphatic rings. The molecule has 11 heavy (non-hydrogen) atoms. The Morgan fingerprint density at radius 1 is 1.36 bits per heavy atom. The molecule has 0 bridgehead atoms. The molecule has 0 fully saturated rings. The SMILES string of the molecule is CCCNCCC(C)COC. The van der Waals surface area contributed by atoms with E-state index in [9.17, 15) is 0 Å². The van der Waals surface area contributed by atoms with Crippen molar-refractivity contribution in [3.05, 3.63) is 0 Å². The third-order valence-electron chi connectivity index (χ3n) is 1.69. The van der Waals surface area contributed by atoms with Crippen LogP contribution in [0, 0.1) is 5.92 Å². The van der Waals surface area contributed by atoms with Gasteiger partial charge in [-0.15, -0.1) is 0 Å². The predicted molar refractivity (Wildman–Crippen MR) is 48.8 cm³/mol. The van der Waals surface area contributed by atoms with E-state index < -0.39 is 0 Å². The first-order chi connectivity index (χ1) is 5.31. The Balaban J connectivity index is 2.97. The van der Waals surface area contributed by atoms with Crippen molar-refractivity contribution >= 4 is 0 Å². The molecule has 0 radical (unpaired) electrons. The maximum absolute atomic E-state index is 5.03. The van der Waals surface area contributed by atoms with Crippen LogP contribution >= 0.6 is 0 Å². The highest BCUT2D eigenvalue weighted by atomic mass is 16.5. The number of hydrogen-bond donors (Lipinski definition) is 1. The van der Waals surface area contributed by atoms with Crippen LogP contribution in [0.5, 0.6) is 0 Å². The van der Waals surface area contributed by atoms with E-state index in [1.54, 1.807) is 7.11 Å². The molecular weight excluding hydrogens is 138 g/mol. The van der Waals surface area contributed by atoms with Gasteiger partial charge in [-0.1, -0.05) is 13.8 Å². The number of ether oxygens (including phenoxy) is 1. The van der Waals surface area contributed by atoms with Gasteiger partial charge in [-0.05, 0) is 31.8 Å².